The molecule has 0 amide bonds. The Morgan fingerprint density at radius 1 is 1.28 bits per heavy atom. The van der Waals surface area contributed by atoms with Gasteiger partial charge in [0.15, 0.2) is 0 Å². The van der Waals surface area contributed by atoms with E-state index in [1.165, 1.54) is 24.0 Å². The van der Waals surface area contributed by atoms with Gasteiger partial charge in [-0.25, -0.2) is 0 Å². The number of ether oxygens (including phenoxy) is 1. The maximum absolute atomic E-state index is 12.3. The van der Waals surface area contributed by atoms with Crippen molar-refractivity contribution in [1.82, 2.24) is 4.90 Å². The molecule has 5 rings (SSSR count). The third-order valence-electron chi connectivity index (χ3n) is 7.30. The van der Waals surface area contributed by atoms with Crippen LogP contribution in [0.2, 0.25) is 0 Å². The van der Waals surface area contributed by atoms with Gasteiger partial charge in [0.2, 0.25) is 0 Å². The highest BCUT2D eigenvalue weighted by atomic mass is 16.5. The summed E-state index contributed by atoms with van der Waals surface area (Å²) in [5, 5.41) is 12.0. The van der Waals surface area contributed by atoms with Crippen molar-refractivity contribution in [2.24, 2.45) is 11.3 Å². The van der Waals surface area contributed by atoms with Crippen LogP contribution in [-0.4, -0.2) is 41.6 Å². The number of carbonyl (C=O) groups excluding carboxylic acids is 1. The van der Waals surface area contributed by atoms with Crippen LogP contribution < -0.4 is 4.74 Å². The van der Waals surface area contributed by atoms with E-state index in [-0.39, 0.29) is 11.5 Å². The molecule has 134 valence electrons. The standard InChI is InChI=1S/C21H27NO3/c1-25-17-5-4-15-11-20-8-9-22(13-14-2-3-14)19(18(15)10-17)21(20,24)7-6-16(23)12-20/h4-5,10,14,19,24H,2-3,6-9,11-13H2,1H3/t19-,20+,21-/m1/s1. The zero-order valence-electron chi connectivity index (χ0n) is 15.0. The van der Waals surface area contributed by atoms with E-state index in [4.69, 9.17) is 4.74 Å². The van der Waals surface area contributed by atoms with Gasteiger partial charge in [0, 0.05) is 24.8 Å². The number of nitrogens with zero attached hydrogens (tertiary/aromatic N) is 1. The quantitative estimate of drug-likeness (QED) is 0.918. The highest BCUT2D eigenvalue weighted by molar-refractivity contribution is 5.81. The fraction of sp³-hybridized carbons (Fsp3) is 0.667. The number of rotatable bonds is 3. The minimum Gasteiger partial charge on any atom is -0.497 e. The first-order valence-corrected chi connectivity index (χ1v) is 9.70. The van der Waals surface area contributed by atoms with Crippen molar-refractivity contribution >= 4 is 5.78 Å². The van der Waals surface area contributed by atoms with E-state index in [1.807, 2.05) is 6.07 Å². The van der Waals surface area contributed by atoms with Crippen LogP contribution >= 0.6 is 0 Å². The molecule has 25 heavy (non-hydrogen) atoms. The molecule has 1 aromatic rings. The van der Waals surface area contributed by atoms with Gasteiger partial charge in [0.05, 0.1) is 18.8 Å². The molecule has 3 aliphatic carbocycles. The van der Waals surface area contributed by atoms with Crippen molar-refractivity contribution in [3.63, 3.8) is 0 Å². The number of methoxy groups -OCH3 is 1. The van der Waals surface area contributed by atoms with Crippen molar-refractivity contribution < 1.29 is 14.6 Å². The van der Waals surface area contributed by atoms with E-state index in [2.05, 4.69) is 17.0 Å². The van der Waals surface area contributed by atoms with Crippen LogP contribution in [0.3, 0.4) is 0 Å². The normalized spacial score (nSPS) is 37.4. The summed E-state index contributed by atoms with van der Waals surface area (Å²) in [4.78, 5) is 14.8. The van der Waals surface area contributed by atoms with Gasteiger partial charge in [-0.05, 0) is 67.8 Å². The minimum absolute atomic E-state index is 0.00815. The van der Waals surface area contributed by atoms with Crippen LogP contribution in [0.25, 0.3) is 0 Å². The molecule has 4 aliphatic rings. The number of benzene rings is 1. The number of hydrogen-bond donors (Lipinski definition) is 1. The first kappa shape index (κ1) is 15.8. The molecule has 1 saturated heterocycles. The molecule has 0 unspecified atom stereocenters. The Morgan fingerprint density at radius 2 is 2.12 bits per heavy atom. The van der Waals surface area contributed by atoms with Gasteiger partial charge in [-0.3, -0.25) is 9.69 Å². The molecule has 0 radical (unpaired) electrons. The maximum Gasteiger partial charge on any atom is 0.133 e. The topological polar surface area (TPSA) is 49.8 Å². The smallest absolute Gasteiger partial charge is 0.133 e. The Bertz CT molecular complexity index is 728. The predicted octanol–water partition coefficient (Wildman–Crippen LogP) is 2.88. The van der Waals surface area contributed by atoms with Crippen LogP contribution in [0, 0.1) is 11.3 Å². The van der Waals surface area contributed by atoms with E-state index in [0.29, 0.717) is 25.0 Å². The number of ketones is 1. The van der Waals surface area contributed by atoms with Gasteiger partial charge in [-0.15, -0.1) is 0 Å². The summed E-state index contributed by atoms with van der Waals surface area (Å²) in [6.07, 6.45) is 6.06. The highest BCUT2D eigenvalue weighted by Gasteiger charge is 2.64. The van der Waals surface area contributed by atoms with E-state index < -0.39 is 5.60 Å². The van der Waals surface area contributed by atoms with Gasteiger partial charge >= 0.3 is 0 Å². The third kappa shape index (κ3) is 2.23. The number of carbonyl (C=O) groups is 1. The third-order valence-corrected chi connectivity index (χ3v) is 7.30. The van der Waals surface area contributed by atoms with Crippen molar-refractivity contribution in [2.45, 2.75) is 56.6 Å². The highest BCUT2D eigenvalue weighted by Crippen LogP contribution is 2.62. The number of hydrogen-bond acceptors (Lipinski definition) is 4. The van der Waals surface area contributed by atoms with Crippen LogP contribution in [0.1, 0.15) is 55.7 Å². The molecule has 2 bridgehead atoms. The molecule has 1 heterocycles. The first-order chi connectivity index (χ1) is 12.0. The van der Waals surface area contributed by atoms with E-state index in [0.717, 1.165) is 37.6 Å². The van der Waals surface area contributed by atoms with Crippen LogP contribution in [0.15, 0.2) is 18.2 Å². The number of piperidine rings is 1. The lowest BCUT2D eigenvalue weighted by Crippen LogP contribution is -2.67. The second-order valence-corrected chi connectivity index (χ2v) is 8.75. The van der Waals surface area contributed by atoms with Gasteiger partial charge in [0.1, 0.15) is 11.5 Å². The zero-order chi connectivity index (χ0) is 17.2. The average molecular weight is 341 g/mol. The van der Waals surface area contributed by atoms with Crippen LogP contribution in [0.5, 0.6) is 5.75 Å². The minimum atomic E-state index is -0.784. The van der Waals surface area contributed by atoms with Crippen molar-refractivity contribution in [1.29, 1.82) is 0 Å². The summed E-state index contributed by atoms with van der Waals surface area (Å²) in [7, 11) is 1.70. The number of likely N-dealkylation sites (tertiary alicyclic amines) is 1. The molecular formula is C21H27NO3. The van der Waals surface area contributed by atoms with Gasteiger partial charge in [0.25, 0.3) is 0 Å². The zero-order valence-corrected chi connectivity index (χ0v) is 15.0. The number of aliphatic hydroxyl groups is 1. The average Bonchev–Trinajstić information content (AvgIpc) is 3.40. The molecule has 0 aromatic heterocycles. The van der Waals surface area contributed by atoms with E-state index in [1.54, 1.807) is 7.11 Å². The number of fused-ring (bicyclic) bond motifs is 2. The predicted molar refractivity (Wildman–Crippen MR) is 94.6 cm³/mol. The Kier molecular flexibility index (Phi) is 3.36. The van der Waals surface area contributed by atoms with Gasteiger partial charge in [-0.1, -0.05) is 6.07 Å². The summed E-state index contributed by atoms with van der Waals surface area (Å²) in [6, 6.07) is 6.31. The molecule has 1 aliphatic heterocycles. The molecule has 1 aromatic carbocycles. The summed E-state index contributed by atoms with van der Waals surface area (Å²) < 4.78 is 5.48. The van der Waals surface area contributed by atoms with Gasteiger partial charge in [-0.2, -0.15) is 0 Å². The van der Waals surface area contributed by atoms with E-state index in [9.17, 15) is 9.90 Å². The Labute approximate surface area is 149 Å². The Morgan fingerprint density at radius 3 is 2.88 bits per heavy atom. The molecular weight excluding hydrogens is 314 g/mol. The lowest BCUT2D eigenvalue weighted by molar-refractivity contribution is -0.204. The van der Waals surface area contributed by atoms with Gasteiger partial charge < -0.3 is 9.84 Å². The molecule has 0 spiro atoms. The summed E-state index contributed by atoms with van der Waals surface area (Å²) >= 11 is 0. The lowest BCUT2D eigenvalue weighted by Gasteiger charge is -2.63. The molecule has 3 fully saturated rings. The lowest BCUT2D eigenvalue weighted by atomic mass is 9.50. The molecule has 4 nitrogen and oxygen atoms in total. The Balaban J connectivity index is 1.65. The molecule has 2 saturated carbocycles. The summed E-state index contributed by atoms with van der Waals surface area (Å²) in [6.45, 7) is 2.07. The maximum atomic E-state index is 12.3. The second kappa shape index (κ2) is 5.31. The van der Waals surface area contributed by atoms with E-state index >= 15 is 0 Å². The van der Waals surface area contributed by atoms with Crippen LogP contribution in [0.4, 0.5) is 0 Å². The van der Waals surface area contributed by atoms with Crippen molar-refractivity contribution in [2.75, 3.05) is 20.2 Å². The molecule has 3 atom stereocenters. The number of Topliss-reactive ketones (excluding diaryl/α,β-unsaturated/α-hetero) is 1. The first-order valence-electron chi connectivity index (χ1n) is 9.70. The monoisotopic (exact) mass is 341 g/mol. The Hall–Kier alpha value is -1.39. The molecule has 4 heteroatoms. The fourth-order valence-corrected chi connectivity index (χ4v) is 5.80. The van der Waals surface area contributed by atoms with Crippen LogP contribution in [-0.2, 0) is 11.2 Å². The SMILES string of the molecule is COc1ccc2c(c1)[C@H]1N(CC3CC3)CC[C@@]3(CC(=O)CC[C@@]13O)C2. The summed E-state index contributed by atoms with van der Waals surface area (Å²) in [5.41, 5.74) is 1.47. The summed E-state index contributed by atoms with van der Waals surface area (Å²) in [5.74, 6) is 1.98. The van der Waals surface area contributed by atoms with Crippen molar-refractivity contribution in [3.05, 3.63) is 29.3 Å². The largest absolute Gasteiger partial charge is 0.497 e. The molecule has 1 N–H and O–H groups in total. The second-order valence-electron chi connectivity index (χ2n) is 8.75. The fourth-order valence-electron chi connectivity index (χ4n) is 5.80. The van der Waals surface area contributed by atoms with Crippen molar-refractivity contribution in [3.8, 4) is 5.75 Å².